The van der Waals surface area contributed by atoms with Crippen LogP contribution in [0.4, 0.5) is 0 Å². The molecule has 4 heteroatoms. The van der Waals surface area contributed by atoms with Gasteiger partial charge in [0, 0.05) is 16.5 Å². The van der Waals surface area contributed by atoms with E-state index in [4.69, 9.17) is 0 Å². The molecule has 0 saturated carbocycles. The molecular formula is C11H22N2S2. The van der Waals surface area contributed by atoms with E-state index in [0.29, 0.717) is 12.0 Å². The second kappa shape index (κ2) is 5.48. The van der Waals surface area contributed by atoms with Crippen molar-refractivity contribution >= 4 is 28.7 Å². The lowest BCUT2D eigenvalue weighted by Crippen LogP contribution is -2.32. The summed E-state index contributed by atoms with van der Waals surface area (Å²) in [4.78, 5) is 4.65. The summed E-state index contributed by atoms with van der Waals surface area (Å²) in [7, 11) is 0. The van der Waals surface area contributed by atoms with Crippen molar-refractivity contribution in [3.8, 4) is 0 Å². The lowest BCUT2D eigenvalue weighted by Gasteiger charge is -2.19. The number of rotatable bonds is 4. The van der Waals surface area contributed by atoms with Crippen LogP contribution >= 0.6 is 23.5 Å². The van der Waals surface area contributed by atoms with Crippen LogP contribution in [0.15, 0.2) is 4.99 Å². The number of amidine groups is 1. The predicted molar refractivity (Wildman–Crippen MR) is 74.1 cm³/mol. The van der Waals surface area contributed by atoms with Gasteiger partial charge in [0.2, 0.25) is 0 Å². The highest BCUT2D eigenvalue weighted by atomic mass is 32.2. The number of nitrogens with one attached hydrogen (secondary N) is 1. The van der Waals surface area contributed by atoms with Gasteiger partial charge in [-0.25, -0.2) is 0 Å². The van der Waals surface area contributed by atoms with Gasteiger partial charge < -0.3 is 5.32 Å². The fraction of sp³-hybridized carbons (Fsp3) is 0.909. The minimum atomic E-state index is 0.255. The molecule has 1 N–H and O–H groups in total. The number of thioether (sulfide) groups is 2. The van der Waals surface area contributed by atoms with Crippen molar-refractivity contribution in [1.82, 2.24) is 5.32 Å². The van der Waals surface area contributed by atoms with Gasteiger partial charge in [0.25, 0.3) is 0 Å². The van der Waals surface area contributed by atoms with Crippen LogP contribution in [0, 0.1) is 5.92 Å². The SMILES string of the molecule is CSC(C)(C)CN=C1NC(C(C)C)CS1. The van der Waals surface area contributed by atoms with E-state index in [1.54, 1.807) is 0 Å². The Morgan fingerprint density at radius 1 is 1.60 bits per heavy atom. The van der Waals surface area contributed by atoms with Gasteiger partial charge in [-0.15, -0.1) is 0 Å². The van der Waals surface area contributed by atoms with Crippen molar-refractivity contribution in [2.75, 3.05) is 18.6 Å². The highest BCUT2D eigenvalue weighted by Crippen LogP contribution is 2.23. The average Bonchev–Trinajstić information content (AvgIpc) is 2.63. The van der Waals surface area contributed by atoms with E-state index >= 15 is 0 Å². The molecule has 2 nitrogen and oxygen atoms in total. The Kier molecular flexibility index (Phi) is 4.84. The normalized spacial score (nSPS) is 24.9. The van der Waals surface area contributed by atoms with Crippen LogP contribution in [-0.4, -0.2) is 34.5 Å². The summed E-state index contributed by atoms with van der Waals surface area (Å²) in [6.07, 6.45) is 2.15. The van der Waals surface area contributed by atoms with E-state index in [-0.39, 0.29) is 4.75 Å². The van der Waals surface area contributed by atoms with Gasteiger partial charge >= 0.3 is 0 Å². The average molecular weight is 246 g/mol. The maximum absolute atomic E-state index is 4.65. The first-order chi connectivity index (χ1) is 6.94. The van der Waals surface area contributed by atoms with Gasteiger partial charge in [-0.05, 0) is 26.0 Å². The minimum Gasteiger partial charge on any atom is -0.361 e. The van der Waals surface area contributed by atoms with E-state index < -0.39 is 0 Å². The third kappa shape index (κ3) is 4.27. The minimum absolute atomic E-state index is 0.255. The molecule has 0 radical (unpaired) electrons. The molecule has 1 fully saturated rings. The van der Waals surface area contributed by atoms with E-state index in [1.807, 2.05) is 23.5 Å². The molecule has 0 amide bonds. The third-order valence-corrected chi connectivity index (χ3v) is 4.95. The molecule has 1 aliphatic rings. The van der Waals surface area contributed by atoms with Crippen LogP contribution in [0.3, 0.4) is 0 Å². The molecule has 0 bridgehead atoms. The van der Waals surface area contributed by atoms with Crippen molar-refractivity contribution in [3.63, 3.8) is 0 Å². The van der Waals surface area contributed by atoms with Crippen molar-refractivity contribution in [2.45, 2.75) is 38.5 Å². The molecule has 0 aromatic rings. The van der Waals surface area contributed by atoms with Gasteiger partial charge in [0.1, 0.15) is 0 Å². The van der Waals surface area contributed by atoms with Crippen molar-refractivity contribution in [3.05, 3.63) is 0 Å². The Morgan fingerprint density at radius 3 is 2.73 bits per heavy atom. The summed E-state index contributed by atoms with van der Waals surface area (Å²) in [6, 6.07) is 0.603. The zero-order valence-electron chi connectivity index (χ0n) is 10.3. The first-order valence-electron chi connectivity index (χ1n) is 5.43. The summed E-state index contributed by atoms with van der Waals surface area (Å²) < 4.78 is 0.255. The van der Waals surface area contributed by atoms with Crippen molar-refractivity contribution in [2.24, 2.45) is 10.9 Å². The van der Waals surface area contributed by atoms with Crippen LogP contribution in [0.1, 0.15) is 27.7 Å². The van der Waals surface area contributed by atoms with Crippen LogP contribution in [0.5, 0.6) is 0 Å². The maximum Gasteiger partial charge on any atom is 0.156 e. The second-order valence-electron chi connectivity index (χ2n) is 4.89. The molecule has 1 rings (SSSR count). The largest absolute Gasteiger partial charge is 0.361 e. The molecule has 1 unspecified atom stereocenters. The Balaban J connectivity index is 2.43. The quantitative estimate of drug-likeness (QED) is 0.825. The van der Waals surface area contributed by atoms with Gasteiger partial charge in [0.15, 0.2) is 5.17 Å². The number of aliphatic imine (C=N–C) groups is 1. The molecule has 15 heavy (non-hydrogen) atoms. The Morgan fingerprint density at radius 2 is 2.27 bits per heavy atom. The van der Waals surface area contributed by atoms with E-state index in [2.05, 4.69) is 44.3 Å². The third-order valence-electron chi connectivity index (χ3n) is 2.67. The number of hydrogen-bond donors (Lipinski definition) is 1. The Bertz CT molecular complexity index is 237. The summed E-state index contributed by atoms with van der Waals surface area (Å²) >= 11 is 3.73. The lowest BCUT2D eigenvalue weighted by molar-refractivity contribution is 0.503. The Labute approximate surface area is 102 Å². The highest BCUT2D eigenvalue weighted by Gasteiger charge is 2.23. The fourth-order valence-corrected chi connectivity index (χ4v) is 2.58. The van der Waals surface area contributed by atoms with Crippen LogP contribution < -0.4 is 5.32 Å². The van der Waals surface area contributed by atoms with Crippen LogP contribution in [0.2, 0.25) is 0 Å². The van der Waals surface area contributed by atoms with Gasteiger partial charge in [-0.2, -0.15) is 11.8 Å². The summed E-state index contributed by atoms with van der Waals surface area (Å²) in [5.41, 5.74) is 0. The number of hydrogen-bond acceptors (Lipinski definition) is 3. The molecule has 1 aliphatic heterocycles. The van der Waals surface area contributed by atoms with Crippen molar-refractivity contribution < 1.29 is 0 Å². The lowest BCUT2D eigenvalue weighted by atomic mass is 10.1. The van der Waals surface area contributed by atoms with E-state index in [1.165, 1.54) is 0 Å². The predicted octanol–water partition coefficient (Wildman–Crippen LogP) is 2.85. The molecule has 0 aromatic carbocycles. The molecule has 1 saturated heterocycles. The van der Waals surface area contributed by atoms with E-state index in [9.17, 15) is 0 Å². The van der Waals surface area contributed by atoms with E-state index in [0.717, 1.165) is 17.5 Å². The molecule has 0 aromatic heterocycles. The second-order valence-corrected chi connectivity index (χ2v) is 7.41. The molecule has 1 atom stereocenters. The molecular weight excluding hydrogens is 224 g/mol. The highest BCUT2D eigenvalue weighted by molar-refractivity contribution is 8.14. The monoisotopic (exact) mass is 246 g/mol. The maximum atomic E-state index is 4.65. The first-order valence-corrected chi connectivity index (χ1v) is 7.64. The fourth-order valence-electron chi connectivity index (χ4n) is 1.19. The molecule has 88 valence electrons. The van der Waals surface area contributed by atoms with Gasteiger partial charge in [-0.3, -0.25) is 4.99 Å². The topological polar surface area (TPSA) is 24.4 Å². The van der Waals surface area contributed by atoms with Crippen LogP contribution in [-0.2, 0) is 0 Å². The Hall–Kier alpha value is 0.170. The molecule has 0 spiro atoms. The van der Waals surface area contributed by atoms with Crippen LogP contribution in [0.25, 0.3) is 0 Å². The molecule has 1 heterocycles. The first kappa shape index (κ1) is 13.2. The van der Waals surface area contributed by atoms with Gasteiger partial charge in [0.05, 0.1) is 6.54 Å². The zero-order chi connectivity index (χ0) is 11.5. The zero-order valence-corrected chi connectivity index (χ0v) is 12.0. The standard InChI is InChI=1S/C11H22N2S2/c1-8(2)9-6-15-10(13-9)12-7-11(3,4)14-5/h8-9H,6-7H2,1-5H3,(H,12,13). The summed E-state index contributed by atoms with van der Waals surface area (Å²) in [5.74, 6) is 1.86. The summed E-state index contributed by atoms with van der Waals surface area (Å²) in [5, 5.41) is 4.63. The molecule has 0 aliphatic carbocycles. The van der Waals surface area contributed by atoms with Crippen molar-refractivity contribution in [1.29, 1.82) is 0 Å². The van der Waals surface area contributed by atoms with Gasteiger partial charge in [-0.1, -0.05) is 25.6 Å². The number of nitrogens with zero attached hydrogens (tertiary/aromatic N) is 1. The smallest absolute Gasteiger partial charge is 0.156 e. The summed E-state index contributed by atoms with van der Waals surface area (Å²) in [6.45, 7) is 9.89.